The van der Waals surface area contributed by atoms with Crippen molar-refractivity contribution in [3.63, 3.8) is 0 Å². The summed E-state index contributed by atoms with van der Waals surface area (Å²) in [6, 6.07) is 9.27. The normalized spacial score (nSPS) is 29.5. The van der Waals surface area contributed by atoms with E-state index in [2.05, 4.69) is 29.2 Å². The van der Waals surface area contributed by atoms with Gasteiger partial charge in [-0.1, -0.05) is 18.2 Å². The molecule has 0 bridgehead atoms. The average molecular weight is 175 g/mol. The molecule has 2 atom stereocenters. The van der Waals surface area contributed by atoms with Crippen molar-refractivity contribution in [1.29, 1.82) is 0 Å². The third-order valence-corrected chi connectivity index (χ3v) is 3.18. The smallest absolute Gasteiger partial charge is 0.130 e. The van der Waals surface area contributed by atoms with Crippen molar-refractivity contribution in [1.82, 2.24) is 0 Å². The molecule has 13 heavy (non-hydrogen) atoms. The molecule has 68 valence electrons. The maximum atomic E-state index is 5.43. The largest absolute Gasteiger partial charge is 0.362 e. The van der Waals surface area contributed by atoms with Crippen LogP contribution >= 0.6 is 0 Å². The molecule has 2 aliphatic heterocycles. The summed E-state index contributed by atoms with van der Waals surface area (Å²) in [6.45, 7) is 0. The number of fused-ring (bicyclic) bond motifs is 4. The first kappa shape index (κ1) is 7.39. The maximum absolute atomic E-state index is 5.43. The Kier molecular flexibility index (Phi) is 1.41. The summed E-state index contributed by atoms with van der Waals surface area (Å²) in [5.74, 6) is 0. The van der Waals surface area contributed by atoms with E-state index < -0.39 is 0 Å². The zero-order valence-electron chi connectivity index (χ0n) is 7.73. The quantitative estimate of drug-likeness (QED) is 0.649. The number of para-hydroxylation sites is 1. The minimum Gasteiger partial charge on any atom is -0.362 e. The lowest BCUT2D eigenvalue weighted by atomic mass is 9.94. The molecular formula is C11H13NO. The maximum Gasteiger partial charge on any atom is 0.130 e. The van der Waals surface area contributed by atoms with Crippen molar-refractivity contribution >= 4 is 5.69 Å². The zero-order valence-corrected chi connectivity index (χ0v) is 7.73. The molecule has 0 spiro atoms. The van der Waals surface area contributed by atoms with Gasteiger partial charge in [-0.05, 0) is 24.5 Å². The Labute approximate surface area is 78.1 Å². The minimum absolute atomic E-state index is 0.319. The lowest BCUT2D eigenvalue weighted by Crippen LogP contribution is -2.40. The Bertz CT molecular complexity index is 337. The van der Waals surface area contributed by atoms with Gasteiger partial charge in [0.2, 0.25) is 0 Å². The van der Waals surface area contributed by atoms with Gasteiger partial charge < -0.3 is 9.64 Å². The first-order chi connectivity index (χ1) is 6.42. The Balaban J connectivity index is 2.01. The third-order valence-electron chi connectivity index (χ3n) is 3.18. The summed E-state index contributed by atoms with van der Waals surface area (Å²) >= 11 is 0. The van der Waals surface area contributed by atoms with Crippen LogP contribution in [0.5, 0.6) is 0 Å². The van der Waals surface area contributed by atoms with Gasteiger partial charge in [0, 0.05) is 12.8 Å². The fourth-order valence-electron chi connectivity index (χ4n) is 2.58. The second-order valence-electron chi connectivity index (χ2n) is 3.75. The molecule has 2 heteroatoms. The molecule has 2 aliphatic rings. The van der Waals surface area contributed by atoms with E-state index in [9.17, 15) is 0 Å². The molecule has 0 amide bonds. The van der Waals surface area contributed by atoms with Gasteiger partial charge in [0.1, 0.15) is 6.23 Å². The number of nitrogens with zero attached hydrogens (tertiary/aromatic N) is 1. The van der Waals surface area contributed by atoms with Crippen LogP contribution in [-0.4, -0.2) is 13.3 Å². The van der Waals surface area contributed by atoms with Crippen LogP contribution in [0.4, 0.5) is 5.69 Å². The average Bonchev–Trinajstić information content (AvgIpc) is 2.52. The van der Waals surface area contributed by atoms with Gasteiger partial charge in [-0.25, -0.2) is 0 Å². The number of hydrogen-bond acceptors (Lipinski definition) is 2. The summed E-state index contributed by atoms with van der Waals surface area (Å²) in [7, 11) is 1.80. The molecule has 2 nitrogen and oxygen atoms in total. The predicted octanol–water partition coefficient (Wildman–Crippen LogP) is 2.31. The van der Waals surface area contributed by atoms with Crippen LogP contribution in [0, 0.1) is 0 Å². The van der Waals surface area contributed by atoms with E-state index in [1.165, 1.54) is 17.7 Å². The molecule has 3 rings (SSSR count). The number of rotatable bonds is 1. The van der Waals surface area contributed by atoms with Crippen LogP contribution in [0.15, 0.2) is 24.3 Å². The fraction of sp³-hybridized carbons (Fsp3) is 0.455. The Morgan fingerprint density at radius 3 is 3.00 bits per heavy atom. The Morgan fingerprint density at radius 2 is 2.15 bits per heavy atom. The summed E-state index contributed by atoms with van der Waals surface area (Å²) in [4.78, 5) is 2.40. The van der Waals surface area contributed by atoms with Crippen LogP contribution in [0.3, 0.4) is 0 Å². The van der Waals surface area contributed by atoms with E-state index in [1.54, 1.807) is 7.11 Å². The van der Waals surface area contributed by atoms with Crippen LogP contribution in [0.25, 0.3) is 0 Å². The van der Waals surface area contributed by atoms with Crippen molar-refractivity contribution in [3.05, 3.63) is 29.8 Å². The van der Waals surface area contributed by atoms with Gasteiger partial charge in [-0.3, -0.25) is 0 Å². The molecular weight excluding hydrogens is 162 g/mol. The van der Waals surface area contributed by atoms with Crippen LogP contribution in [0.2, 0.25) is 0 Å². The first-order valence-corrected chi connectivity index (χ1v) is 4.82. The Morgan fingerprint density at radius 1 is 1.31 bits per heavy atom. The zero-order chi connectivity index (χ0) is 8.84. The number of ether oxygens (including phenoxy) is 1. The number of methoxy groups -OCH3 is 1. The molecule has 0 radical (unpaired) electrons. The highest BCUT2D eigenvalue weighted by Crippen LogP contribution is 2.51. The van der Waals surface area contributed by atoms with Crippen molar-refractivity contribution < 1.29 is 4.74 Å². The molecule has 0 N–H and O–H groups in total. The lowest BCUT2D eigenvalue weighted by Gasteiger charge is -2.42. The molecule has 1 aromatic rings. The number of hydrogen-bond donors (Lipinski definition) is 0. The van der Waals surface area contributed by atoms with Crippen LogP contribution in [0.1, 0.15) is 24.4 Å². The third kappa shape index (κ3) is 0.814. The summed E-state index contributed by atoms with van der Waals surface area (Å²) in [5, 5.41) is 0. The fourth-order valence-corrected chi connectivity index (χ4v) is 2.58. The van der Waals surface area contributed by atoms with E-state index in [4.69, 9.17) is 4.74 Å². The van der Waals surface area contributed by atoms with E-state index >= 15 is 0 Å². The highest BCUT2D eigenvalue weighted by molar-refractivity contribution is 5.67. The van der Waals surface area contributed by atoms with E-state index in [1.807, 2.05) is 0 Å². The second kappa shape index (κ2) is 2.48. The SMILES string of the molecule is CO[C@H]1CC[C@@H]2c3ccccc3N12. The molecule has 2 heterocycles. The summed E-state index contributed by atoms with van der Waals surface area (Å²) in [6.07, 6.45) is 2.73. The Hall–Kier alpha value is -1.02. The van der Waals surface area contributed by atoms with Gasteiger partial charge in [0.25, 0.3) is 0 Å². The molecule has 1 saturated heterocycles. The first-order valence-electron chi connectivity index (χ1n) is 4.82. The van der Waals surface area contributed by atoms with Gasteiger partial charge in [0.05, 0.1) is 6.04 Å². The molecule has 0 saturated carbocycles. The standard InChI is InChI=1S/C11H13NO/c1-13-11-7-6-10-8-4-2-3-5-9(8)12(10)11/h2-5,10-11H,6-7H2,1H3/t10-,11+/m1/s1. The van der Waals surface area contributed by atoms with E-state index in [-0.39, 0.29) is 0 Å². The monoisotopic (exact) mass is 175 g/mol. The van der Waals surface area contributed by atoms with Crippen molar-refractivity contribution in [2.75, 3.05) is 12.0 Å². The van der Waals surface area contributed by atoms with Gasteiger partial charge >= 0.3 is 0 Å². The molecule has 0 aromatic heterocycles. The minimum atomic E-state index is 0.319. The molecule has 1 aromatic carbocycles. The summed E-state index contributed by atoms with van der Waals surface area (Å²) in [5.41, 5.74) is 2.87. The van der Waals surface area contributed by atoms with Crippen LogP contribution in [-0.2, 0) is 4.74 Å². The van der Waals surface area contributed by atoms with E-state index in [0.717, 1.165) is 6.42 Å². The van der Waals surface area contributed by atoms with Gasteiger partial charge in [-0.15, -0.1) is 0 Å². The van der Waals surface area contributed by atoms with Crippen LogP contribution < -0.4 is 4.90 Å². The topological polar surface area (TPSA) is 12.5 Å². The van der Waals surface area contributed by atoms with E-state index in [0.29, 0.717) is 12.3 Å². The van der Waals surface area contributed by atoms with Gasteiger partial charge in [0.15, 0.2) is 0 Å². The highest BCUT2D eigenvalue weighted by Gasteiger charge is 2.43. The summed E-state index contributed by atoms with van der Waals surface area (Å²) < 4.78 is 5.43. The predicted molar refractivity (Wildman–Crippen MR) is 51.7 cm³/mol. The van der Waals surface area contributed by atoms with Crippen molar-refractivity contribution in [2.24, 2.45) is 0 Å². The number of anilines is 1. The molecule has 0 unspecified atom stereocenters. The second-order valence-corrected chi connectivity index (χ2v) is 3.75. The lowest BCUT2D eigenvalue weighted by molar-refractivity contribution is 0.107. The van der Waals surface area contributed by atoms with Crippen molar-refractivity contribution in [3.8, 4) is 0 Å². The number of benzene rings is 1. The van der Waals surface area contributed by atoms with Crippen molar-refractivity contribution in [2.45, 2.75) is 25.1 Å². The molecule has 0 aliphatic carbocycles. The highest BCUT2D eigenvalue weighted by atomic mass is 16.5. The molecule has 1 fully saturated rings. The van der Waals surface area contributed by atoms with Gasteiger partial charge in [-0.2, -0.15) is 0 Å².